The first-order valence-electron chi connectivity index (χ1n) is 17.8. The van der Waals surface area contributed by atoms with Gasteiger partial charge in [-0.1, -0.05) is 170 Å². The van der Waals surface area contributed by atoms with Crippen LogP contribution in [0.5, 0.6) is 0 Å². The molecular formula is C50H33NO. The van der Waals surface area contributed by atoms with Gasteiger partial charge in [-0.15, -0.1) is 0 Å². The van der Waals surface area contributed by atoms with Crippen molar-refractivity contribution in [3.63, 3.8) is 0 Å². The molecule has 9 aromatic carbocycles. The molecule has 0 aliphatic rings. The molecule has 2 nitrogen and oxygen atoms in total. The van der Waals surface area contributed by atoms with Gasteiger partial charge in [0.15, 0.2) is 0 Å². The molecule has 0 radical (unpaired) electrons. The molecule has 1 heterocycles. The average molecular weight is 664 g/mol. The highest BCUT2D eigenvalue weighted by molar-refractivity contribution is 6.23. The topological polar surface area (TPSA) is 16.4 Å². The molecular weight excluding hydrogens is 631 g/mol. The Kier molecular flexibility index (Phi) is 7.18. The lowest BCUT2D eigenvalue weighted by atomic mass is 9.94. The molecule has 0 bridgehead atoms. The van der Waals surface area contributed by atoms with E-state index >= 15 is 0 Å². The fraction of sp³-hybridized carbons (Fsp3) is 0. The van der Waals surface area contributed by atoms with E-state index in [1.54, 1.807) is 0 Å². The number of rotatable bonds is 6. The molecule has 10 rings (SSSR count). The van der Waals surface area contributed by atoms with Gasteiger partial charge in [-0.05, 0) is 68.9 Å². The third-order valence-corrected chi connectivity index (χ3v) is 10.3. The van der Waals surface area contributed by atoms with Crippen molar-refractivity contribution in [2.75, 3.05) is 4.90 Å². The maximum absolute atomic E-state index is 6.85. The SMILES string of the molecule is c1ccc(-c2ccc(-c3ccccc3N(c3cccc4ccccc34)c3cccc4oc5c6ccccc6c(-c6ccccc6)cc5c34)cc2)cc1. The Balaban J connectivity index is 1.27. The number of para-hydroxylation sites is 1. The monoisotopic (exact) mass is 663 g/mol. The highest BCUT2D eigenvalue weighted by Gasteiger charge is 2.24. The summed E-state index contributed by atoms with van der Waals surface area (Å²) in [4.78, 5) is 2.44. The first-order chi connectivity index (χ1) is 25.8. The highest BCUT2D eigenvalue weighted by Crippen LogP contribution is 2.49. The summed E-state index contributed by atoms with van der Waals surface area (Å²) >= 11 is 0. The second-order valence-electron chi connectivity index (χ2n) is 13.3. The molecule has 0 aliphatic carbocycles. The predicted molar refractivity (Wildman–Crippen MR) is 220 cm³/mol. The van der Waals surface area contributed by atoms with Gasteiger partial charge in [0, 0.05) is 21.7 Å². The van der Waals surface area contributed by atoms with Gasteiger partial charge in [0.25, 0.3) is 0 Å². The van der Waals surface area contributed by atoms with Crippen LogP contribution in [0.4, 0.5) is 17.1 Å². The Morgan fingerprint density at radius 2 is 0.865 bits per heavy atom. The Morgan fingerprint density at radius 1 is 0.327 bits per heavy atom. The average Bonchev–Trinajstić information content (AvgIpc) is 3.61. The smallest absolute Gasteiger partial charge is 0.143 e. The zero-order valence-electron chi connectivity index (χ0n) is 28.4. The van der Waals surface area contributed by atoms with Crippen LogP contribution in [0.15, 0.2) is 205 Å². The first-order valence-corrected chi connectivity index (χ1v) is 17.8. The Bertz CT molecular complexity index is 2880. The van der Waals surface area contributed by atoms with Crippen LogP contribution in [0.25, 0.3) is 76.9 Å². The molecule has 0 aliphatic heterocycles. The van der Waals surface area contributed by atoms with E-state index in [2.05, 4.69) is 205 Å². The van der Waals surface area contributed by atoms with E-state index in [1.807, 2.05) is 0 Å². The van der Waals surface area contributed by atoms with Crippen molar-refractivity contribution in [1.29, 1.82) is 0 Å². The predicted octanol–water partition coefficient (Wildman–Crippen LogP) is 14.4. The molecule has 2 heteroatoms. The van der Waals surface area contributed by atoms with Gasteiger partial charge in [-0.25, -0.2) is 0 Å². The maximum Gasteiger partial charge on any atom is 0.143 e. The fourth-order valence-electron chi connectivity index (χ4n) is 7.85. The van der Waals surface area contributed by atoms with Gasteiger partial charge < -0.3 is 9.32 Å². The second kappa shape index (κ2) is 12.5. The molecule has 0 unspecified atom stereocenters. The summed E-state index contributed by atoms with van der Waals surface area (Å²) in [5, 5.41) is 6.84. The molecule has 10 aromatic rings. The number of hydrogen-bond donors (Lipinski definition) is 0. The van der Waals surface area contributed by atoms with Crippen LogP contribution in [0.1, 0.15) is 0 Å². The van der Waals surface area contributed by atoms with Gasteiger partial charge in [0.05, 0.1) is 22.4 Å². The van der Waals surface area contributed by atoms with E-state index in [1.165, 1.54) is 38.4 Å². The van der Waals surface area contributed by atoms with E-state index in [9.17, 15) is 0 Å². The van der Waals surface area contributed by atoms with Gasteiger partial charge in [-0.2, -0.15) is 0 Å². The van der Waals surface area contributed by atoms with Crippen LogP contribution in [0.2, 0.25) is 0 Å². The standard InChI is InChI=1S/C50H33NO/c1-3-15-34(16-4-1)35-29-31-38(32-30-35)40-22-11-12-25-45(40)51(46-26-13-20-36-19-7-8-21-39(36)46)47-27-14-28-48-49(47)44-33-43(37-17-5-2-6-18-37)41-23-9-10-24-42(41)50(44)52-48/h1-33H. The minimum atomic E-state index is 0.859. The van der Waals surface area contributed by atoms with Crippen molar-refractivity contribution in [3.05, 3.63) is 200 Å². The van der Waals surface area contributed by atoms with Gasteiger partial charge in [0.1, 0.15) is 11.2 Å². The molecule has 0 N–H and O–H groups in total. The van der Waals surface area contributed by atoms with E-state index in [4.69, 9.17) is 4.42 Å². The second-order valence-corrected chi connectivity index (χ2v) is 13.3. The quantitative estimate of drug-likeness (QED) is 0.176. The van der Waals surface area contributed by atoms with E-state index in [0.717, 1.165) is 55.5 Å². The lowest BCUT2D eigenvalue weighted by Crippen LogP contribution is -2.12. The Hall–Kier alpha value is -6.90. The summed E-state index contributed by atoms with van der Waals surface area (Å²) in [6.07, 6.45) is 0. The van der Waals surface area contributed by atoms with Gasteiger partial charge in [-0.3, -0.25) is 0 Å². The molecule has 244 valence electrons. The van der Waals surface area contributed by atoms with Crippen molar-refractivity contribution in [1.82, 2.24) is 0 Å². The maximum atomic E-state index is 6.85. The molecule has 0 fully saturated rings. The minimum absolute atomic E-state index is 0.859. The van der Waals surface area contributed by atoms with Crippen molar-refractivity contribution >= 4 is 60.5 Å². The van der Waals surface area contributed by atoms with Crippen molar-refractivity contribution in [3.8, 4) is 33.4 Å². The molecule has 1 aromatic heterocycles. The third kappa shape index (κ3) is 4.96. The summed E-state index contributed by atoms with van der Waals surface area (Å²) in [7, 11) is 0. The van der Waals surface area contributed by atoms with Crippen LogP contribution in [0, 0.1) is 0 Å². The van der Waals surface area contributed by atoms with Crippen molar-refractivity contribution in [2.45, 2.75) is 0 Å². The van der Waals surface area contributed by atoms with Gasteiger partial charge in [0.2, 0.25) is 0 Å². The van der Waals surface area contributed by atoms with Crippen molar-refractivity contribution in [2.24, 2.45) is 0 Å². The van der Waals surface area contributed by atoms with E-state index in [0.29, 0.717) is 0 Å². The first kappa shape index (κ1) is 30.0. The molecule has 0 saturated heterocycles. The number of hydrogen-bond acceptors (Lipinski definition) is 2. The summed E-state index contributed by atoms with van der Waals surface area (Å²) in [6, 6.07) is 71.6. The van der Waals surface area contributed by atoms with Crippen molar-refractivity contribution < 1.29 is 4.42 Å². The number of furan rings is 1. The lowest BCUT2D eigenvalue weighted by molar-refractivity contribution is 0.672. The lowest BCUT2D eigenvalue weighted by Gasteiger charge is -2.29. The van der Waals surface area contributed by atoms with Crippen LogP contribution >= 0.6 is 0 Å². The molecule has 0 saturated carbocycles. The van der Waals surface area contributed by atoms with Crippen LogP contribution in [-0.4, -0.2) is 0 Å². The fourth-order valence-corrected chi connectivity index (χ4v) is 7.85. The molecule has 0 spiro atoms. The number of nitrogens with zero attached hydrogens (tertiary/aromatic N) is 1. The largest absolute Gasteiger partial charge is 0.455 e. The summed E-state index contributed by atoms with van der Waals surface area (Å²) in [5.74, 6) is 0. The number of fused-ring (bicyclic) bond motifs is 6. The Labute approximate surface area is 302 Å². The van der Waals surface area contributed by atoms with Crippen LogP contribution < -0.4 is 4.90 Å². The highest BCUT2D eigenvalue weighted by atomic mass is 16.3. The summed E-state index contributed by atoms with van der Waals surface area (Å²) in [6.45, 7) is 0. The van der Waals surface area contributed by atoms with E-state index < -0.39 is 0 Å². The van der Waals surface area contributed by atoms with Crippen LogP contribution in [-0.2, 0) is 0 Å². The van der Waals surface area contributed by atoms with Crippen LogP contribution in [0.3, 0.4) is 0 Å². The Morgan fingerprint density at radius 3 is 1.67 bits per heavy atom. The minimum Gasteiger partial charge on any atom is -0.455 e. The summed E-state index contributed by atoms with van der Waals surface area (Å²) < 4.78 is 6.85. The number of benzene rings is 9. The zero-order chi connectivity index (χ0) is 34.4. The molecule has 0 amide bonds. The zero-order valence-corrected chi connectivity index (χ0v) is 28.4. The molecule has 0 atom stereocenters. The normalized spacial score (nSPS) is 11.5. The third-order valence-electron chi connectivity index (χ3n) is 10.3. The van der Waals surface area contributed by atoms with Gasteiger partial charge >= 0.3 is 0 Å². The van der Waals surface area contributed by atoms with E-state index in [-0.39, 0.29) is 0 Å². The number of anilines is 3. The molecule has 52 heavy (non-hydrogen) atoms. The summed E-state index contributed by atoms with van der Waals surface area (Å²) in [5.41, 5.74) is 12.1.